The van der Waals surface area contributed by atoms with Crippen LogP contribution in [-0.4, -0.2) is 31.4 Å². The third-order valence-corrected chi connectivity index (χ3v) is 5.09. The number of amides is 1. The minimum atomic E-state index is -0.501. The molecule has 160 valence electrons. The molecule has 0 unspecified atom stereocenters. The van der Waals surface area contributed by atoms with Crippen LogP contribution in [0.1, 0.15) is 41.3 Å². The van der Waals surface area contributed by atoms with Crippen molar-refractivity contribution in [1.82, 2.24) is 5.32 Å². The van der Waals surface area contributed by atoms with Gasteiger partial charge < -0.3 is 14.8 Å². The van der Waals surface area contributed by atoms with Gasteiger partial charge >= 0.3 is 5.97 Å². The monoisotopic (exact) mass is 419 g/mol. The number of rotatable bonds is 8. The molecule has 1 amide bonds. The number of carbonyl (C=O) groups is 3. The van der Waals surface area contributed by atoms with Crippen LogP contribution < -0.4 is 10.1 Å². The molecule has 3 aromatic carbocycles. The predicted molar refractivity (Wildman–Crippen MR) is 118 cm³/mol. The van der Waals surface area contributed by atoms with Crippen molar-refractivity contribution in [2.45, 2.75) is 26.3 Å². The Morgan fingerprint density at radius 1 is 0.935 bits per heavy atom. The molecule has 0 fully saturated rings. The number of esters is 1. The van der Waals surface area contributed by atoms with Gasteiger partial charge in [0.15, 0.2) is 12.4 Å². The van der Waals surface area contributed by atoms with Crippen LogP contribution in [0.25, 0.3) is 10.8 Å². The van der Waals surface area contributed by atoms with Crippen molar-refractivity contribution in [1.29, 1.82) is 0 Å². The summed E-state index contributed by atoms with van der Waals surface area (Å²) in [6.07, 6.45) is 0. The van der Waals surface area contributed by atoms with Crippen molar-refractivity contribution in [3.63, 3.8) is 0 Å². The smallest absolute Gasteiger partial charge is 0.313 e. The summed E-state index contributed by atoms with van der Waals surface area (Å²) in [5.41, 5.74) is 2.15. The number of nitrogens with one attached hydrogen (secondary N) is 1. The van der Waals surface area contributed by atoms with Gasteiger partial charge in [-0.2, -0.15) is 0 Å². The number of hydrogen-bond donors (Lipinski definition) is 1. The Morgan fingerprint density at radius 3 is 2.29 bits per heavy atom. The van der Waals surface area contributed by atoms with Gasteiger partial charge in [0.1, 0.15) is 5.75 Å². The number of ketones is 1. The molecule has 3 aromatic rings. The average Bonchev–Trinajstić information content (AvgIpc) is 2.80. The van der Waals surface area contributed by atoms with Crippen LogP contribution >= 0.6 is 0 Å². The van der Waals surface area contributed by atoms with Crippen molar-refractivity contribution in [3.05, 3.63) is 77.4 Å². The van der Waals surface area contributed by atoms with Crippen LogP contribution in [-0.2, 0) is 20.9 Å². The van der Waals surface area contributed by atoms with Crippen molar-refractivity contribution < 1.29 is 23.9 Å². The topological polar surface area (TPSA) is 81.7 Å². The van der Waals surface area contributed by atoms with Gasteiger partial charge in [-0.3, -0.25) is 14.4 Å². The predicted octanol–water partition coefficient (Wildman–Crippen LogP) is 4.01. The summed E-state index contributed by atoms with van der Waals surface area (Å²) in [5.74, 6) is -0.582. The zero-order chi connectivity index (χ0) is 22.4. The molecule has 6 nitrogen and oxygen atoms in total. The first-order valence-electron chi connectivity index (χ1n) is 9.98. The highest BCUT2D eigenvalue weighted by molar-refractivity contribution is 5.98. The average molecular weight is 419 g/mol. The molecular weight excluding hydrogens is 394 g/mol. The molecule has 3 rings (SSSR count). The van der Waals surface area contributed by atoms with Gasteiger partial charge in [-0.15, -0.1) is 0 Å². The fourth-order valence-electron chi connectivity index (χ4n) is 3.15. The van der Waals surface area contributed by atoms with Crippen molar-refractivity contribution in [2.75, 3.05) is 13.7 Å². The van der Waals surface area contributed by atoms with E-state index in [4.69, 9.17) is 9.47 Å². The van der Waals surface area contributed by atoms with E-state index in [0.717, 1.165) is 27.6 Å². The molecule has 0 bridgehead atoms. The van der Waals surface area contributed by atoms with Gasteiger partial charge in [0.05, 0.1) is 13.0 Å². The highest BCUT2D eigenvalue weighted by Crippen LogP contribution is 2.25. The Hall–Kier alpha value is -3.67. The molecule has 1 atom stereocenters. The van der Waals surface area contributed by atoms with Crippen LogP contribution in [0, 0.1) is 0 Å². The summed E-state index contributed by atoms with van der Waals surface area (Å²) >= 11 is 0. The first kappa shape index (κ1) is 22.0. The summed E-state index contributed by atoms with van der Waals surface area (Å²) < 4.78 is 10.5. The van der Waals surface area contributed by atoms with Crippen LogP contribution in [0.3, 0.4) is 0 Å². The van der Waals surface area contributed by atoms with Gasteiger partial charge in [0, 0.05) is 19.0 Å². The fraction of sp³-hybridized carbons (Fsp3) is 0.240. The first-order valence-corrected chi connectivity index (χ1v) is 9.98. The Labute approximate surface area is 181 Å². The van der Waals surface area contributed by atoms with E-state index in [-0.39, 0.29) is 18.3 Å². The fourth-order valence-corrected chi connectivity index (χ4v) is 3.15. The number of ether oxygens (including phenoxy) is 2. The van der Waals surface area contributed by atoms with E-state index in [1.807, 2.05) is 36.4 Å². The number of methoxy groups -OCH3 is 1. The number of fused-ring (bicyclic) bond motifs is 1. The second-order valence-electron chi connectivity index (χ2n) is 7.33. The molecule has 0 radical (unpaired) electrons. The molecular formula is C25H25NO5. The Kier molecular flexibility index (Phi) is 7.03. The molecule has 0 aliphatic carbocycles. The number of Topliss-reactive ketones (excluding diaryl/α,β-unsaturated/α-hetero) is 1. The van der Waals surface area contributed by atoms with Gasteiger partial charge in [-0.05, 0) is 41.0 Å². The lowest BCUT2D eigenvalue weighted by atomic mass is 9.98. The van der Waals surface area contributed by atoms with Crippen LogP contribution in [0.2, 0.25) is 0 Å². The third-order valence-electron chi connectivity index (χ3n) is 5.09. The molecule has 0 aromatic heterocycles. The largest absolute Gasteiger partial charge is 0.497 e. The van der Waals surface area contributed by atoms with Crippen molar-refractivity contribution >= 4 is 28.4 Å². The summed E-state index contributed by atoms with van der Waals surface area (Å²) in [7, 11) is 1.62. The summed E-state index contributed by atoms with van der Waals surface area (Å²) in [6.45, 7) is 3.28. The van der Waals surface area contributed by atoms with E-state index in [0.29, 0.717) is 12.1 Å². The SMILES string of the molecule is COc1ccc2cc([C@H](C)C(=O)OCC(=O)c3ccc(CNC(C)=O)cc3)ccc2c1. The Balaban J connectivity index is 1.58. The number of carbonyl (C=O) groups excluding carboxylic acids is 3. The van der Waals surface area contributed by atoms with Crippen LogP contribution in [0.5, 0.6) is 5.75 Å². The summed E-state index contributed by atoms with van der Waals surface area (Å²) in [5, 5.41) is 4.70. The molecule has 0 saturated carbocycles. The maximum atomic E-state index is 12.5. The minimum Gasteiger partial charge on any atom is -0.497 e. The molecule has 0 saturated heterocycles. The first-order chi connectivity index (χ1) is 14.9. The minimum absolute atomic E-state index is 0.118. The second-order valence-corrected chi connectivity index (χ2v) is 7.33. The highest BCUT2D eigenvalue weighted by Gasteiger charge is 2.19. The number of benzene rings is 3. The van der Waals surface area contributed by atoms with E-state index >= 15 is 0 Å². The highest BCUT2D eigenvalue weighted by atomic mass is 16.5. The zero-order valence-corrected chi connectivity index (χ0v) is 17.8. The lowest BCUT2D eigenvalue weighted by Crippen LogP contribution is -2.19. The van der Waals surface area contributed by atoms with Crippen molar-refractivity contribution in [2.24, 2.45) is 0 Å². The zero-order valence-electron chi connectivity index (χ0n) is 17.8. The summed E-state index contributed by atoms with van der Waals surface area (Å²) in [4.78, 5) is 35.8. The van der Waals surface area contributed by atoms with Crippen LogP contribution in [0.4, 0.5) is 0 Å². The van der Waals surface area contributed by atoms with E-state index < -0.39 is 11.9 Å². The van der Waals surface area contributed by atoms with E-state index in [2.05, 4.69) is 5.32 Å². The molecule has 0 spiro atoms. The van der Waals surface area contributed by atoms with E-state index in [1.165, 1.54) is 6.92 Å². The molecule has 1 N–H and O–H groups in total. The second kappa shape index (κ2) is 9.89. The van der Waals surface area contributed by atoms with Crippen LogP contribution in [0.15, 0.2) is 60.7 Å². The van der Waals surface area contributed by atoms with Gasteiger partial charge in [-0.1, -0.05) is 48.5 Å². The van der Waals surface area contributed by atoms with Crippen molar-refractivity contribution in [3.8, 4) is 5.75 Å². The molecule has 0 heterocycles. The Bertz CT molecular complexity index is 1100. The maximum Gasteiger partial charge on any atom is 0.313 e. The lowest BCUT2D eigenvalue weighted by Gasteiger charge is -2.13. The van der Waals surface area contributed by atoms with Gasteiger partial charge in [-0.25, -0.2) is 0 Å². The number of hydrogen-bond acceptors (Lipinski definition) is 5. The lowest BCUT2D eigenvalue weighted by molar-refractivity contribution is -0.143. The van der Waals surface area contributed by atoms with E-state index in [1.54, 1.807) is 38.3 Å². The van der Waals surface area contributed by atoms with Gasteiger partial charge in [0.25, 0.3) is 0 Å². The molecule has 6 heteroatoms. The third kappa shape index (κ3) is 5.69. The molecule has 0 aliphatic heterocycles. The standard InChI is InChI=1S/C25H25NO5/c1-16(20-8-9-22-13-23(30-3)11-10-21(22)12-20)25(29)31-15-24(28)19-6-4-18(5-7-19)14-26-17(2)27/h4-13,16H,14-15H2,1-3H3,(H,26,27)/t16-/m0/s1. The summed E-state index contributed by atoms with van der Waals surface area (Å²) in [6, 6.07) is 18.3. The quantitative estimate of drug-likeness (QED) is 0.441. The molecule has 31 heavy (non-hydrogen) atoms. The Morgan fingerprint density at radius 2 is 1.61 bits per heavy atom. The maximum absolute atomic E-state index is 12.5. The van der Waals surface area contributed by atoms with E-state index in [9.17, 15) is 14.4 Å². The molecule has 0 aliphatic rings. The normalized spacial score (nSPS) is 11.6. The van der Waals surface area contributed by atoms with Gasteiger partial charge in [0.2, 0.25) is 5.91 Å².